The smallest absolute Gasteiger partial charge is 0.295 e. The Morgan fingerprint density at radius 1 is 1.06 bits per heavy atom. The molecule has 3 rings (SSSR count). The Balaban J connectivity index is 2.18. The second kappa shape index (κ2) is 9.87. The number of amides is 1. The van der Waals surface area contributed by atoms with Crippen LogP contribution in [0.2, 0.25) is 0 Å². The van der Waals surface area contributed by atoms with Crippen LogP contribution >= 0.6 is 0 Å². The van der Waals surface area contributed by atoms with E-state index in [2.05, 4.69) is 0 Å². The summed E-state index contributed by atoms with van der Waals surface area (Å²) in [4.78, 5) is 29.7. The van der Waals surface area contributed by atoms with Crippen LogP contribution in [0.4, 0.5) is 0 Å². The predicted octanol–water partition coefficient (Wildman–Crippen LogP) is 3.39. The van der Waals surface area contributed by atoms with E-state index < -0.39 is 17.7 Å². The molecule has 1 fully saturated rings. The number of aliphatic hydroxyl groups excluding tert-OH is 1. The number of methoxy groups -OCH3 is 2. The highest BCUT2D eigenvalue weighted by Gasteiger charge is 2.47. The third kappa shape index (κ3) is 4.62. The van der Waals surface area contributed by atoms with E-state index in [4.69, 9.17) is 9.47 Å². The molecule has 1 aliphatic heterocycles. The fourth-order valence-electron chi connectivity index (χ4n) is 3.91. The number of Topliss-reactive ketones (excluding diaryl/α,β-unsaturated/α-hetero) is 1. The number of carbonyl (C=O) groups is 2. The molecule has 0 unspecified atom stereocenters. The van der Waals surface area contributed by atoms with Gasteiger partial charge in [-0.3, -0.25) is 9.59 Å². The lowest BCUT2D eigenvalue weighted by Crippen LogP contribution is -2.32. The molecule has 1 aliphatic rings. The predicted molar refractivity (Wildman–Crippen MR) is 123 cm³/mol. The molecule has 2 aromatic carbocycles. The minimum absolute atomic E-state index is 0.0512. The van der Waals surface area contributed by atoms with E-state index in [1.165, 1.54) is 12.0 Å². The van der Waals surface area contributed by atoms with Gasteiger partial charge in [-0.25, -0.2) is 0 Å². The highest BCUT2D eigenvalue weighted by Crippen LogP contribution is 2.43. The highest BCUT2D eigenvalue weighted by atomic mass is 16.5. The first-order valence-corrected chi connectivity index (χ1v) is 10.5. The summed E-state index contributed by atoms with van der Waals surface area (Å²) in [6, 6.07) is 11.6. The fourth-order valence-corrected chi connectivity index (χ4v) is 3.91. The van der Waals surface area contributed by atoms with Crippen LogP contribution in [0.3, 0.4) is 0 Å². The molecule has 0 bridgehead atoms. The third-order valence-corrected chi connectivity index (χ3v) is 5.60. The van der Waals surface area contributed by atoms with Crippen LogP contribution in [-0.4, -0.2) is 68.0 Å². The zero-order chi connectivity index (χ0) is 23.4. The van der Waals surface area contributed by atoms with Gasteiger partial charge in [-0.05, 0) is 52.2 Å². The number of ketones is 1. The quantitative estimate of drug-likeness (QED) is 0.387. The number of benzene rings is 2. The molecule has 0 aliphatic carbocycles. The van der Waals surface area contributed by atoms with Gasteiger partial charge in [0.25, 0.3) is 11.7 Å². The van der Waals surface area contributed by atoms with E-state index >= 15 is 0 Å². The van der Waals surface area contributed by atoms with Gasteiger partial charge in [-0.15, -0.1) is 0 Å². The maximum Gasteiger partial charge on any atom is 0.295 e. The van der Waals surface area contributed by atoms with Crippen LogP contribution < -0.4 is 9.47 Å². The zero-order valence-electron chi connectivity index (χ0n) is 19.2. The molecule has 0 saturated carbocycles. The summed E-state index contributed by atoms with van der Waals surface area (Å²) < 4.78 is 10.9. The monoisotopic (exact) mass is 438 g/mol. The van der Waals surface area contributed by atoms with Crippen molar-refractivity contribution < 1.29 is 24.2 Å². The Morgan fingerprint density at radius 3 is 2.34 bits per heavy atom. The molecule has 0 radical (unpaired) electrons. The lowest BCUT2D eigenvalue weighted by Gasteiger charge is -2.27. The topological polar surface area (TPSA) is 79.3 Å². The number of ether oxygens (including phenoxy) is 2. The van der Waals surface area contributed by atoms with Crippen LogP contribution in [0.15, 0.2) is 48.0 Å². The number of carbonyl (C=O) groups excluding carboxylic acids is 2. The van der Waals surface area contributed by atoms with Crippen LogP contribution in [0.25, 0.3) is 5.76 Å². The maximum atomic E-state index is 13.1. The van der Waals surface area contributed by atoms with Gasteiger partial charge < -0.3 is 24.4 Å². The van der Waals surface area contributed by atoms with Gasteiger partial charge >= 0.3 is 0 Å². The molecule has 0 aromatic heterocycles. The molecular weight excluding hydrogens is 408 g/mol. The Hall–Kier alpha value is -3.32. The number of aliphatic hydroxyl groups is 1. The minimum Gasteiger partial charge on any atom is -0.507 e. The summed E-state index contributed by atoms with van der Waals surface area (Å²) in [5.41, 5.74) is 2.14. The molecule has 1 heterocycles. The standard InChI is InChI=1S/C25H30N2O5/c1-16-7-9-17(10-8-16)23(28)21-22(19-15-18(31-4)11-12-20(19)32-5)27(25(30)24(21)29)14-6-13-26(2)3/h7-12,15,22,28H,6,13-14H2,1-5H3/b23-21+/t22-/m1/s1. The average Bonchev–Trinajstić information content (AvgIpc) is 3.03. The molecule has 7 heteroatoms. The molecule has 32 heavy (non-hydrogen) atoms. The minimum atomic E-state index is -0.788. The number of aryl methyl sites for hydroxylation is 1. The first-order chi connectivity index (χ1) is 15.3. The van der Waals surface area contributed by atoms with Gasteiger partial charge in [0.05, 0.1) is 25.8 Å². The molecular formula is C25H30N2O5. The van der Waals surface area contributed by atoms with Crippen LogP contribution in [0.1, 0.15) is 29.2 Å². The number of rotatable bonds is 8. The van der Waals surface area contributed by atoms with Crippen LogP contribution in [0.5, 0.6) is 11.5 Å². The van der Waals surface area contributed by atoms with Gasteiger partial charge in [-0.2, -0.15) is 0 Å². The second-order valence-corrected chi connectivity index (χ2v) is 8.12. The largest absolute Gasteiger partial charge is 0.507 e. The molecule has 1 amide bonds. The number of hydrogen-bond acceptors (Lipinski definition) is 6. The summed E-state index contributed by atoms with van der Waals surface area (Å²) in [6.45, 7) is 3.05. The number of likely N-dealkylation sites (tertiary alicyclic amines) is 1. The van der Waals surface area contributed by atoms with E-state index in [-0.39, 0.29) is 11.3 Å². The van der Waals surface area contributed by atoms with Gasteiger partial charge in [-0.1, -0.05) is 29.8 Å². The molecule has 1 atom stereocenters. The summed E-state index contributed by atoms with van der Waals surface area (Å²) in [5, 5.41) is 11.2. The van der Waals surface area contributed by atoms with Crippen molar-refractivity contribution >= 4 is 17.4 Å². The van der Waals surface area contributed by atoms with Gasteiger partial charge in [0, 0.05) is 17.7 Å². The maximum absolute atomic E-state index is 13.1. The van der Waals surface area contributed by atoms with E-state index in [1.807, 2.05) is 38.1 Å². The van der Waals surface area contributed by atoms with E-state index in [9.17, 15) is 14.7 Å². The second-order valence-electron chi connectivity index (χ2n) is 8.12. The summed E-state index contributed by atoms with van der Waals surface area (Å²) in [5.74, 6) is -0.469. The van der Waals surface area contributed by atoms with Crippen molar-refractivity contribution in [1.29, 1.82) is 0 Å². The molecule has 170 valence electrons. The molecule has 0 spiro atoms. The van der Waals surface area contributed by atoms with E-state index in [0.29, 0.717) is 35.6 Å². The Kier molecular flexibility index (Phi) is 7.20. The van der Waals surface area contributed by atoms with Gasteiger partial charge in [0.1, 0.15) is 17.3 Å². The first kappa shape index (κ1) is 23.3. The Bertz CT molecular complexity index is 1030. The van der Waals surface area contributed by atoms with Crippen LogP contribution in [0, 0.1) is 6.92 Å². The van der Waals surface area contributed by atoms with Crippen molar-refractivity contribution in [2.75, 3.05) is 41.4 Å². The molecule has 1 saturated heterocycles. The Morgan fingerprint density at radius 2 is 1.75 bits per heavy atom. The van der Waals surface area contributed by atoms with Crippen molar-refractivity contribution in [3.63, 3.8) is 0 Å². The van der Waals surface area contributed by atoms with Crippen molar-refractivity contribution in [2.24, 2.45) is 0 Å². The average molecular weight is 439 g/mol. The SMILES string of the molecule is COc1ccc(OC)c([C@@H]2/C(=C(\O)c3ccc(C)cc3)C(=O)C(=O)N2CCCN(C)C)c1. The van der Waals surface area contributed by atoms with Crippen LogP contribution in [-0.2, 0) is 9.59 Å². The highest BCUT2D eigenvalue weighted by molar-refractivity contribution is 6.46. The molecule has 1 N–H and O–H groups in total. The fraction of sp³-hybridized carbons (Fsp3) is 0.360. The van der Waals surface area contributed by atoms with Crippen molar-refractivity contribution in [2.45, 2.75) is 19.4 Å². The summed E-state index contributed by atoms with van der Waals surface area (Å²) in [6.07, 6.45) is 0.674. The zero-order valence-corrected chi connectivity index (χ0v) is 19.2. The van der Waals surface area contributed by atoms with Crippen molar-refractivity contribution in [3.05, 3.63) is 64.7 Å². The normalized spacial score (nSPS) is 17.8. The number of hydrogen-bond donors (Lipinski definition) is 1. The molecule has 2 aromatic rings. The van der Waals surface area contributed by atoms with Crippen molar-refractivity contribution in [3.8, 4) is 11.5 Å². The third-order valence-electron chi connectivity index (χ3n) is 5.60. The van der Waals surface area contributed by atoms with E-state index in [0.717, 1.165) is 12.1 Å². The lowest BCUT2D eigenvalue weighted by molar-refractivity contribution is -0.140. The van der Waals surface area contributed by atoms with E-state index in [1.54, 1.807) is 37.4 Å². The Labute approximate surface area is 188 Å². The number of nitrogens with zero attached hydrogens (tertiary/aromatic N) is 2. The van der Waals surface area contributed by atoms with Gasteiger partial charge in [0.15, 0.2) is 0 Å². The van der Waals surface area contributed by atoms with Gasteiger partial charge in [0.2, 0.25) is 0 Å². The molecule has 7 nitrogen and oxygen atoms in total. The summed E-state index contributed by atoms with van der Waals surface area (Å²) in [7, 11) is 6.98. The van der Waals surface area contributed by atoms with Crippen molar-refractivity contribution in [1.82, 2.24) is 9.80 Å². The first-order valence-electron chi connectivity index (χ1n) is 10.5. The lowest BCUT2D eigenvalue weighted by atomic mass is 9.94. The summed E-state index contributed by atoms with van der Waals surface area (Å²) >= 11 is 0.